The fourth-order valence-electron chi connectivity index (χ4n) is 1.73. The van der Waals surface area contributed by atoms with E-state index in [4.69, 9.17) is 0 Å². The van der Waals surface area contributed by atoms with E-state index in [2.05, 4.69) is 58.4 Å². The molecule has 0 nitrogen and oxygen atoms in total. The maximum absolute atomic E-state index is 3.64. The Morgan fingerprint density at radius 2 is 1.64 bits per heavy atom. The second-order valence-corrected chi connectivity index (χ2v) is 7.16. The molecule has 0 radical (unpaired) electrons. The molecule has 0 spiro atoms. The second-order valence-electron chi connectivity index (χ2n) is 3.21. The number of rotatable bonds is 0. The first-order valence-corrected chi connectivity index (χ1v) is 7.54. The molecule has 14 heavy (non-hydrogen) atoms. The van der Waals surface area contributed by atoms with Crippen LogP contribution in [0.25, 0.3) is 17.6 Å². The Hall–Kier alpha value is -0.290. The normalized spacial score (nSPS) is 11.2. The third-order valence-electron chi connectivity index (χ3n) is 2.35. The van der Waals surface area contributed by atoms with Gasteiger partial charge < -0.3 is 0 Å². The van der Waals surface area contributed by atoms with Crippen LogP contribution >= 0.6 is 15.9 Å². The topological polar surface area (TPSA) is 0 Å². The molecule has 0 unspecified atom stereocenters. The van der Waals surface area contributed by atoms with Crippen molar-refractivity contribution in [2.75, 3.05) is 0 Å². The number of benzene rings is 2. The second kappa shape index (κ2) is 3.38. The maximum atomic E-state index is 3.64. The quantitative estimate of drug-likeness (QED) is 0.536. The van der Waals surface area contributed by atoms with Crippen molar-refractivity contribution in [1.82, 2.24) is 0 Å². The summed E-state index contributed by atoms with van der Waals surface area (Å²) in [5.41, 5.74) is 0. The summed E-state index contributed by atoms with van der Waals surface area (Å²) in [7, 11) is 0. The van der Waals surface area contributed by atoms with Crippen molar-refractivity contribution in [1.29, 1.82) is 0 Å². The van der Waals surface area contributed by atoms with Gasteiger partial charge in [-0.05, 0) is 0 Å². The first kappa shape index (κ1) is 8.97. The van der Waals surface area contributed by atoms with Gasteiger partial charge in [0, 0.05) is 0 Å². The fraction of sp³-hybridized carbons (Fsp3) is 0. The van der Waals surface area contributed by atoms with E-state index in [9.17, 15) is 0 Å². The SMILES string of the molecule is Brc1cccc2[te]c3ccccc3c12. The average molecular weight is 359 g/mol. The summed E-state index contributed by atoms with van der Waals surface area (Å²) < 4.78 is 4.37. The van der Waals surface area contributed by atoms with Gasteiger partial charge in [0.15, 0.2) is 0 Å². The van der Waals surface area contributed by atoms with E-state index < -0.39 is 0 Å². The molecule has 0 aliphatic rings. The van der Waals surface area contributed by atoms with Gasteiger partial charge in [-0.2, -0.15) is 0 Å². The average Bonchev–Trinajstić information content (AvgIpc) is 2.57. The van der Waals surface area contributed by atoms with Gasteiger partial charge in [0.1, 0.15) is 0 Å². The van der Waals surface area contributed by atoms with Crippen LogP contribution in [0.1, 0.15) is 0 Å². The van der Waals surface area contributed by atoms with Crippen molar-refractivity contribution >= 4 is 53.9 Å². The minimum atomic E-state index is -0.129. The van der Waals surface area contributed by atoms with Gasteiger partial charge in [0.25, 0.3) is 0 Å². The Labute approximate surface area is 100 Å². The first-order valence-electron chi connectivity index (χ1n) is 4.42. The minimum absolute atomic E-state index is 0.129. The van der Waals surface area contributed by atoms with Gasteiger partial charge in [-0.25, -0.2) is 0 Å². The molecule has 2 aromatic carbocycles. The van der Waals surface area contributed by atoms with Gasteiger partial charge in [-0.1, -0.05) is 0 Å². The molecular formula is C12H7BrTe. The summed E-state index contributed by atoms with van der Waals surface area (Å²) >= 11 is 3.51. The van der Waals surface area contributed by atoms with Crippen LogP contribution < -0.4 is 0 Å². The Balaban J connectivity index is 2.65. The zero-order valence-electron chi connectivity index (χ0n) is 7.33. The summed E-state index contributed by atoms with van der Waals surface area (Å²) in [6.07, 6.45) is 0. The summed E-state index contributed by atoms with van der Waals surface area (Å²) in [5.74, 6) is 0. The predicted molar refractivity (Wildman–Crippen MR) is 66.1 cm³/mol. The van der Waals surface area contributed by atoms with Gasteiger partial charge in [0.2, 0.25) is 0 Å². The van der Waals surface area contributed by atoms with E-state index in [1.54, 1.807) is 6.80 Å². The molecule has 1 heterocycles. The van der Waals surface area contributed by atoms with Crippen molar-refractivity contribution in [3.05, 3.63) is 46.9 Å². The Bertz CT molecular complexity index is 610. The molecule has 68 valence electrons. The number of hydrogen-bond donors (Lipinski definition) is 0. The molecule has 0 aliphatic heterocycles. The van der Waals surface area contributed by atoms with Crippen LogP contribution in [-0.4, -0.2) is 20.4 Å². The van der Waals surface area contributed by atoms with E-state index in [1.807, 2.05) is 0 Å². The monoisotopic (exact) mass is 360 g/mol. The number of halogens is 1. The summed E-state index contributed by atoms with van der Waals surface area (Å²) in [5, 5.41) is 2.88. The van der Waals surface area contributed by atoms with Crippen molar-refractivity contribution in [3.8, 4) is 0 Å². The summed E-state index contributed by atoms with van der Waals surface area (Å²) in [6, 6.07) is 15.3. The molecule has 0 fully saturated rings. The molecule has 3 aromatic rings. The summed E-state index contributed by atoms with van der Waals surface area (Å²) in [6.45, 7) is 0. The molecule has 0 amide bonds. The molecule has 1 aromatic heterocycles. The van der Waals surface area contributed by atoms with E-state index in [1.165, 1.54) is 15.2 Å². The molecule has 0 aliphatic carbocycles. The molecule has 3 rings (SSSR count). The van der Waals surface area contributed by atoms with Crippen LogP contribution in [0, 0.1) is 0 Å². The number of fused-ring (bicyclic) bond motifs is 3. The standard InChI is InChI=1S/C12H7BrTe/c13-9-5-3-7-11-12(9)8-4-1-2-6-10(8)14-11/h1-7H. The molecule has 0 atom stereocenters. The third-order valence-corrected chi connectivity index (χ3v) is 6.25. The van der Waals surface area contributed by atoms with E-state index in [0.717, 1.165) is 0 Å². The zero-order chi connectivity index (χ0) is 9.54. The van der Waals surface area contributed by atoms with Crippen molar-refractivity contribution in [2.45, 2.75) is 0 Å². The van der Waals surface area contributed by atoms with Crippen molar-refractivity contribution in [2.24, 2.45) is 0 Å². The van der Waals surface area contributed by atoms with Crippen LogP contribution in [0.5, 0.6) is 0 Å². The van der Waals surface area contributed by atoms with Crippen LogP contribution in [0.3, 0.4) is 0 Å². The molecule has 0 saturated heterocycles. The van der Waals surface area contributed by atoms with E-state index in [0.29, 0.717) is 0 Å². The van der Waals surface area contributed by atoms with Gasteiger partial charge in [-0.15, -0.1) is 0 Å². The van der Waals surface area contributed by atoms with Crippen molar-refractivity contribution in [3.63, 3.8) is 0 Å². The third kappa shape index (κ3) is 1.26. The van der Waals surface area contributed by atoms with Crippen LogP contribution in [0.15, 0.2) is 46.9 Å². The Kier molecular flexibility index (Phi) is 2.17. The summed E-state index contributed by atoms with van der Waals surface area (Å²) in [4.78, 5) is 0. The molecule has 0 N–H and O–H groups in total. The zero-order valence-corrected chi connectivity index (χ0v) is 11.2. The molecule has 0 saturated carbocycles. The Morgan fingerprint density at radius 3 is 2.57 bits per heavy atom. The number of hydrogen-bond acceptors (Lipinski definition) is 0. The van der Waals surface area contributed by atoms with E-state index >= 15 is 0 Å². The van der Waals surface area contributed by atoms with Crippen LogP contribution in [0.2, 0.25) is 0 Å². The molecular weight excluding hydrogens is 352 g/mol. The predicted octanol–water partition coefficient (Wildman–Crippen LogP) is 3.81. The van der Waals surface area contributed by atoms with E-state index in [-0.39, 0.29) is 20.4 Å². The Morgan fingerprint density at radius 1 is 0.857 bits per heavy atom. The first-order chi connectivity index (χ1) is 6.86. The van der Waals surface area contributed by atoms with Crippen molar-refractivity contribution < 1.29 is 0 Å². The fourth-order valence-corrected chi connectivity index (χ4v) is 5.95. The van der Waals surface area contributed by atoms with Crippen LogP contribution in [-0.2, 0) is 0 Å². The van der Waals surface area contributed by atoms with Gasteiger partial charge in [0.05, 0.1) is 0 Å². The van der Waals surface area contributed by atoms with Gasteiger partial charge >= 0.3 is 101 Å². The molecule has 0 bridgehead atoms. The molecule has 2 heteroatoms. The van der Waals surface area contributed by atoms with Crippen LogP contribution in [0.4, 0.5) is 0 Å². The van der Waals surface area contributed by atoms with Gasteiger partial charge in [-0.3, -0.25) is 0 Å².